The van der Waals surface area contributed by atoms with Gasteiger partial charge in [0.25, 0.3) is 0 Å². The Morgan fingerprint density at radius 2 is 2.10 bits per heavy atom. The molecule has 21 heavy (non-hydrogen) atoms. The maximum absolute atomic E-state index is 13.8. The quantitative estimate of drug-likeness (QED) is 0.899. The van der Waals surface area contributed by atoms with Crippen molar-refractivity contribution in [3.8, 4) is 0 Å². The number of halogens is 2. The smallest absolute Gasteiger partial charge is 0.128 e. The van der Waals surface area contributed by atoms with Crippen molar-refractivity contribution >= 4 is 15.9 Å². The molecule has 0 amide bonds. The minimum atomic E-state index is -0.380. The monoisotopic (exact) mass is 351 g/mol. The molecule has 1 aliphatic carbocycles. The predicted octanol–water partition coefficient (Wildman–Crippen LogP) is 4.14. The third-order valence-corrected chi connectivity index (χ3v) is 4.64. The Morgan fingerprint density at radius 3 is 2.86 bits per heavy atom. The second kappa shape index (κ2) is 6.28. The number of hydrogen-bond acceptors (Lipinski definition) is 2. The summed E-state index contributed by atoms with van der Waals surface area (Å²) in [4.78, 5) is 0. The van der Waals surface area contributed by atoms with Gasteiger partial charge in [0, 0.05) is 28.7 Å². The van der Waals surface area contributed by atoms with Crippen LogP contribution in [-0.2, 0) is 6.42 Å². The van der Waals surface area contributed by atoms with Gasteiger partial charge in [-0.25, -0.2) is 4.39 Å². The van der Waals surface area contributed by atoms with Crippen LogP contribution in [0.25, 0.3) is 0 Å². The Kier molecular flexibility index (Phi) is 4.40. The number of rotatable bonds is 4. The topological polar surface area (TPSA) is 43.8 Å². The molecule has 112 valence electrons. The second-order valence-corrected chi connectivity index (χ2v) is 6.62. The van der Waals surface area contributed by atoms with Gasteiger partial charge in [-0.1, -0.05) is 28.8 Å². The third-order valence-electron chi connectivity index (χ3n) is 4.15. The molecule has 1 atom stereocenters. The Bertz CT molecular complexity index is 620. The molecule has 1 fully saturated rings. The van der Waals surface area contributed by atoms with Crippen molar-refractivity contribution < 1.29 is 4.39 Å². The molecule has 3 nitrogen and oxygen atoms in total. The standard InChI is InChI=1S/C16H19BrFN3/c17-11-5-6-15(18)14(9-11)16(19)10-12-7-8-21(20-12)13-3-1-2-4-13/h5-9,13,16H,1-4,10,19H2. The van der Waals surface area contributed by atoms with E-state index >= 15 is 0 Å². The molecule has 1 heterocycles. The van der Waals surface area contributed by atoms with Crippen LogP contribution >= 0.6 is 15.9 Å². The lowest BCUT2D eigenvalue weighted by Gasteiger charge is -2.13. The van der Waals surface area contributed by atoms with E-state index in [-0.39, 0.29) is 11.9 Å². The van der Waals surface area contributed by atoms with Crippen LogP contribution in [0.5, 0.6) is 0 Å². The van der Waals surface area contributed by atoms with E-state index in [2.05, 4.69) is 21.0 Å². The van der Waals surface area contributed by atoms with E-state index in [0.717, 1.165) is 10.2 Å². The van der Waals surface area contributed by atoms with Gasteiger partial charge in [-0.05, 0) is 37.1 Å². The van der Waals surface area contributed by atoms with Gasteiger partial charge in [0.2, 0.25) is 0 Å². The molecule has 3 rings (SSSR count). The minimum Gasteiger partial charge on any atom is -0.324 e. The normalized spacial score (nSPS) is 17.3. The van der Waals surface area contributed by atoms with Gasteiger partial charge in [0.1, 0.15) is 5.82 Å². The highest BCUT2D eigenvalue weighted by atomic mass is 79.9. The molecule has 1 aromatic heterocycles. The molecule has 0 saturated heterocycles. The second-order valence-electron chi connectivity index (χ2n) is 5.70. The molecule has 0 aliphatic heterocycles. The van der Waals surface area contributed by atoms with Crippen molar-refractivity contribution in [3.63, 3.8) is 0 Å². The molecule has 2 N–H and O–H groups in total. The van der Waals surface area contributed by atoms with E-state index in [9.17, 15) is 4.39 Å². The average Bonchev–Trinajstić information content (AvgIpc) is 3.11. The van der Waals surface area contributed by atoms with E-state index in [0.29, 0.717) is 18.0 Å². The Balaban J connectivity index is 1.72. The Labute approximate surface area is 132 Å². The van der Waals surface area contributed by atoms with Crippen molar-refractivity contribution in [1.82, 2.24) is 9.78 Å². The largest absolute Gasteiger partial charge is 0.324 e. The molecule has 1 aliphatic rings. The van der Waals surface area contributed by atoms with Crippen molar-refractivity contribution in [1.29, 1.82) is 0 Å². The zero-order valence-corrected chi connectivity index (χ0v) is 13.4. The Morgan fingerprint density at radius 1 is 1.33 bits per heavy atom. The van der Waals surface area contributed by atoms with Crippen LogP contribution in [0, 0.1) is 5.82 Å². The molecule has 1 saturated carbocycles. The first-order valence-corrected chi connectivity index (χ1v) is 8.17. The lowest BCUT2D eigenvalue weighted by atomic mass is 10.0. The number of aromatic nitrogens is 2. The van der Waals surface area contributed by atoms with Crippen LogP contribution in [0.1, 0.15) is 49.0 Å². The summed E-state index contributed by atoms with van der Waals surface area (Å²) in [6, 6.07) is 7.01. The molecular formula is C16H19BrFN3. The number of hydrogen-bond donors (Lipinski definition) is 1. The van der Waals surface area contributed by atoms with Crippen molar-refractivity contribution in [2.24, 2.45) is 5.73 Å². The van der Waals surface area contributed by atoms with Crippen molar-refractivity contribution in [2.45, 2.75) is 44.2 Å². The molecule has 1 unspecified atom stereocenters. The highest BCUT2D eigenvalue weighted by Gasteiger charge is 2.19. The molecule has 0 spiro atoms. The minimum absolute atomic E-state index is 0.263. The molecule has 1 aromatic carbocycles. The van der Waals surface area contributed by atoms with E-state index < -0.39 is 0 Å². The van der Waals surface area contributed by atoms with Gasteiger partial charge in [-0.15, -0.1) is 0 Å². The van der Waals surface area contributed by atoms with Gasteiger partial charge in [0.05, 0.1) is 11.7 Å². The molecule has 5 heteroatoms. The van der Waals surface area contributed by atoms with Gasteiger partial charge < -0.3 is 5.73 Å². The van der Waals surface area contributed by atoms with E-state index in [4.69, 9.17) is 5.73 Å². The fourth-order valence-electron chi connectivity index (χ4n) is 2.99. The van der Waals surface area contributed by atoms with Gasteiger partial charge >= 0.3 is 0 Å². The van der Waals surface area contributed by atoms with Crippen molar-refractivity contribution in [2.75, 3.05) is 0 Å². The van der Waals surface area contributed by atoms with Crippen LogP contribution in [-0.4, -0.2) is 9.78 Å². The molecule has 2 aromatic rings. The maximum Gasteiger partial charge on any atom is 0.128 e. The van der Waals surface area contributed by atoms with Crippen LogP contribution in [0.4, 0.5) is 4.39 Å². The summed E-state index contributed by atoms with van der Waals surface area (Å²) in [5.74, 6) is -0.263. The fourth-order valence-corrected chi connectivity index (χ4v) is 3.37. The van der Waals surface area contributed by atoms with Gasteiger partial charge in [-0.3, -0.25) is 4.68 Å². The summed E-state index contributed by atoms with van der Waals surface area (Å²) in [7, 11) is 0. The first-order valence-electron chi connectivity index (χ1n) is 7.38. The van der Waals surface area contributed by atoms with Crippen LogP contribution in [0.3, 0.4) is 0 Å². The first kappa shape index (κ1) is 14.7. The van der Waals surface area contributed by atoms with Crippen molar-refractivity contribution in [3.05, 3.63) is 52.0 Å². The van der Waals surface area contributed by atoms with Gasteiger partial charge in [-0.2, -0.15) is 5.10 Å². The maximum atomic E-state index is 13.8. The Hall–Kier alpha value is -1.20. The van der Waals surface area contributed by atoms with Crippen LogP contribution < -0.4 is 5.73 Å². The highest BCUT2D eigenvalue weighted by molar-refractivity contribution is 9.10. The zero-order valence-electron chi connectivity index (χ0n) is 11.8. The summed E-state index contributed by atoms with van der Waals surface area (Å²) in [6.07, 6.45) is 7.54. The first-order chi connectivity index (χ1) is 10.1. The highest BCUT2D eigenvalue weighted by Crippen LogP contribution is 2.29. The molecular weight excluding hydrogens is 333 g/mol. The fraction of sp³-hybridized carbons (Fsp3) is 0.438. The lowest BCUT2D eigenvalue weighted by molar-refractivity contribution is 0.460. The number of nitrogens with zero attached hydrogens (tertiary/aromatic N) is 2. The number of nitrogens with two attached hydrogens (primary N) is 1. The molecule has 0 radical (unpaired) electrons. The SMILES string of the molecule is NC(Cc1ccn(C2CCCC2)n1)c1cc(Br)ccc1F. The summed E-state index contributed by atoms with van der Waals surface area (Å²) in [5.41, 5.74) is 7.60. The van der Waals surface area contributed by atoms with E-state index in [1.165, 1.54) is 31.7 Å². The van der Waals surface area contributed by atoms with E-state index in [1.54, 1.807) is 12.1 Å². The zero-order chi connectivity index (χ0) is 14.8. The summed E-state index contributed by atoms with van der Waals surface area (Å²) in [6.45, 7) is 0. The summed E-state index contributed by atoms with van der Waals surface area (Å²) < 4.78 is 16.7. The lowest BCUT2D eigenvalue weighted by Crippen LogP contribution is -2.16. The summed E-state index contributed by atoms with van der Waals surface area (Å²) in [5, 5.41) is 4.61. The molecule has 0 bridgehead atoms. The predicted molar refractivity (Wildman–Crippen MR) is 84.5 cm³/mol. The van der Waals surface area contributed by atoms with Gasteiger partial charge in [0.15, 0.2) is 0 Å². The summed E-state index contributed by atoms with van der Waals surface area (Å²) >= 11 is 3.36. The number of benzene rings is 1. The third kappa shape index (κ3) is 3.35. The van der Waals surface area contributed by atoms with Crippen LogP contribution in [0.2, 0.25) is 0 Å². The van der Waals surface area contributed by atoms with E-state index in [1.807, 2.05) is 16.9 Å². The van der Waals surface area contributed by atoms with Crippen LogP contribution in [0.15, 0.2) is 34.9 Å². The average molecular weight is 352 g/mol.